The van der Waals surface area contributed by atoms with E-state index >= 15 is 0 Å². The SMILES string of the molecule is CCOCC(O)CN1C(C)CCCC1CN. The lowest BCUT2D eigenvalue weighted by Crippen LogP contribution is -2.52. The Kier molecular flexibility index (Phi) is 6.28. The Labute approximate surface area is 98.8 Å². The highest BCUT2D eigenvalue weighted by Crippen LogP contribution is 2.22. The first kappa shape index (κ1) is 13.9. The van der Waals surface area contributed by atoms with Gasteiger partial charge >= 0.3 is 0 Å². The number of likely N-dealkylation sites (tertiary alicyclic amines) is 1. The van der Waals surface area contributed by atoms with E-state index in [0.717, 1.165) is 6.42 Å². The van der Waals surface area contributed by atoms with Crippen LogP contribution < -0.4 is 5.73 Å². The van der Waals surface area contributed by atoms with Gasteiger partial charge in [0.2, 0.25) is 0 Å². The monoisotopic (exact) mass is 230 g/mol. The molecular weight excluding hydrogens is 204 g/mol. The predicted molar refractivity (Wildman–Crippen MR) is 65.4 cm³/mol. The van der Waals surface area contributed by atoms with Crippen LogP contribution in [-0.4, -0.2) is 54.5 Å². The van der Waals surface area contributed by atoms with Crippen LogP contribution in [0.1, 0.15) is 33.1 Å². The molecule has 0 saturated carbocycles. The largest absolute Gasteiger partial charge is 0.389 e. The first-order valence-electron chi connectivity index (χ1n) is 6.40. The van der Waals surface area contributed by atoms with Gasteiger partial charge in [-0.15, -0.1) is 0 Å². The van der Waals surface area contributed by atoms with E-state index in [1.54, 1.807) is 0 Å². The van der Waals surface area contributed by atoms with E-state index in [1.807, 2.05) is 6.92 Å². The van der Waals surface area contributed by atoms with Crippen molar-refractivity contribution in [2.75, 3.05) is 26.3 Å². The minimum Gasteiger partial charge on any atom is -0.389 e. The van der Waals surface area contributed by atoms with Crippen molar-refractivity contribution in [2.24, 2.45) is 5.73 Å². The summed E-state index contributed by atoms with van der Waals surface area (Å²) in [6.07, 6.45) is 3.22. The molecule has 1 aliphatic rings. The molecule has 0 aromatic carbocycles. The minimum absolute atomic E-state index is 0.394. The highest BCUT2D eigenvalue weighted by atomic mass is 16.5. The molecule has 16 heavy (non-hydrogen) atoms. The van der Waals surface area contributed by atoms with Gasteiger partial charge in [-0.2, -0.15) is 0 Å². The van der Waals surface area contributed by atoms with Crippen molar-refractivity contribution < 1.29 is 9.84 Å². The first-order chi connectivity index (χ1) is 7.69. The highest BCUT2D eigenvalue weighted by molar-refractivity contribution is 4.84. The zero-order chi connectivity index (χ0) is 12.0. The van der Waals surface area contributed by atoms with Gasteiger partial charge in [0.25, 0.3) is 0 Å². The average Bonchev–Trinajstić information content (AvgIpc) is 2.29. The maximum atomic E-state index is 9.86. The lowest BCUT2D eigenvalue weighted by Gasteiger charge is -2.41. The molecule has 3 N–H and O–H groups in total. The van der Waals surface area contributed by atoms with Crippen LogP contribution in [0.15, 0.2) is 0 Å². The molecule has 1 heterocycles. The molecule has 1 rings (SSSR count). The zero-order valence-electron chi connectivity index (χ0n) is 10.6. The van der Waals surface area contributed by atoms with E-state index in [-0.39, 0.29) is 0 Å². The summed E-state index contributed by atoms with van der Waals surface area (Å²) < 4.78 is 5.23. The molecule has 4 heteroatoms. The number of rotatable bonds is 6. The Morgan fingerprint density at radius 1 is 1.50 bits per heavy atom. The summed E-state index contributed by atoms with van der Waals surface area (Å²) in [5.41, 5.74) is 5.78. The van der Waals surface area contributed by atoms with Crippen LogP contribution >= 0.6 is 0 Å². The molecule has 1 fully saturated rings. The predicted octanol–water partition coefficient (Wildman–Crippen LogP) is 0.586. The number of hydrogen-bond donors (Lipinski definition) is 2. The van der Waals surface area contributed by atoms with E-state index in [0.29, 0.717) is 38.4 Å². The second kappa shape index (κ2) is 7.22. The van der Waals surface area contributed by atoms with Gasteiger partial charge < -0.3 is 15.6 Å². The lowest BCUT2D eigenvalue weighted by atomic mass is 9.96. The van der Waals surface area contributed by atoms with Gasteiger partial charge in [-0.3, -0.25) is 4.90 Å². The Morgan fingerprint density at radius 3 is 2.88 bits per heavy atom. The Hall–Kier alpha value is -0.160. The fourth-order valence-electron chi connectivity index (χ4n) is 2.47. The van der Waals surface area contributed by atoms with Crippen molar-refractivity contribution in [2.45, 2.75) is 51.3 Å². The van der Waals surface area contributed by atoms with Crippen molar-refractivity contribution in [1.29, 1.82) is 0 Å². The van der Waals surface area contributed by atoms with Crippen LogP contribution in [0, 0.1) is 0 Å². The summed E-state index contributed by atoms with van der Waals surface area (Å²) in [6.45, 7) is 6.62. The zero-order valence-corrected chi connectivity index (χ0v) is 10.6. The van der Waals surface area contributed by atoms with Crippen molar-refractivity contribution in [1.82, 2.24) is 4.90 Å². The molecule has 0 aliphatic carbocycles. The topological polar surface area (TPSA) is 58.7 Å². The summed E-state index contributed by atoms with van der Waals surface area (Å²) in [4.78, 5) is 2.34. The Morgan fingerprint density at radius 2 is 2.25 bits per heavy atom. The van der Waals surface area contributed by atoms with Gasteiger partial charge in [-0.1, -0.05) is 6.42 Å². The normalized spacial score (nSPS) is 29.2. The van der Waals surface area contributed by atoms with Crippen LogP contribution in [0.4, 0.5) is 0 Å². The van der Waals surface area contributed by atoms with Gasteiger partial charge in [0.05, 0.1) is 12.7 Å². The van der Waals surface area contributed by atoms with Crippen LogP contribution in [0.3, 0.4) is 0 Å². The van der Waals surface area contributed by atoms with Gasteiger partial charge in [0.1, 0.15) is 0 Å². The Bertz CT molecular complexity index is 190. The third-order valence-electron chi connectivity index (χ3n) is 3.40. The first-order valence-corrected chi connectivity index (χ1v) is 6.40. The number of hydrogen-bond acceptors (Lipinski definition) is 4. The molecule has 0 bridgehead atoms. The molecule has 0 radical (unpaired) electrons. The molecule has 3 unspecified atom stereocenters. The summed E-state index contributed by atoms with van der Waals surface area (Å²) in [6, 6.07) is 0.957. The smallest absolute Gasteiger partial charge is 0.0900 e. The lowest BCUT2D eigenvalue weighted by molar-refractivity contribution is -0.00763. The summed E-state index contributed by atoms with van der Waals surface area (Å²) in [7, 11) is 0. The van der Waals surface area contributed by atoms with Crippen molar-refractivity contribution >= 4 is 0 Å². The summed E-state index contributed by atoms with van der Waals surface area (Å²) in [5, 5.41) is 9.86. The van der Waals surface area contributed by atoms with Crippen molar-refractivity contribution in [3.63, 3.8) is 0 Å². The number of ether oxygens (including phenoxy) is 1. The number of piperidine rings is 1. The maximum Gasteiger partial charge on any atom is 0.0900 e. The second-order valence-corrected chi connectivity index (χ2v) is 4.68. The molecule has 0 amide bonds. The molecule has 1 saturated heterocycles. The fourth-order valence-corrected chi connectivity index (χ4v) is 2.47. The third kappa shape index (κ3) is 4.01. The fraction of sp³-hybridized carbons (Fsp3) is 1.00. The molecular formula is C12H26N2O2. The van der Waals surface area contributed by atoms with Crippen LogP contribution in [0.2, 0.25) is 0 Å². The number of aliphatic hydroxyl groups excluding tert-OH is 1. The van der Waals surface area contributed by atoms with Crippen LogP contribution in [0.5, 0.6) is 0 Å². The number of nitrogens with zero attached hydrogens (tertiary/aromatic N) is 1. The van der Waals surface area contributed by atoms with E-state index in [4.69, 9.17) is 10.5 Å². The van der Waals surface area contributed by atoms with Gasteiger partial charge in [0, 0.05) is 31.8 Å². The molecule has 0 aromatic heterocycles. The quantitative estimate of drug-likeness (QED) is 0.701. The maximum absolute atomic E-state index is 9.86. The van der Waals surface area contributed by atoms with Crippen molar-refractivity contribution in [3.05, 3.63) is 0 Å². The Balaban J connectivity index is 2.41. The standard InChI is InChI=1S/C12H26N2O2/c1-3-16-9-12(15)8-14-10(2)5-4-6-11(14)7-13/h10-12,15H,3-9,13H2,1-2H3. The highest BCUT2D eigenvalue weighted by Gasteiger charge is 2.28. The van der Waals surface area contributed by atoms with Gasteiger partial charge in [-0.25, -0.2) is 0 Å². The van der Waals surface area contributed by atoms with Crippen LogP contribution in [-0.2, 0) is 4.74 Å². The average molecular weight is 230 g/mol. The minimum atomic E-state index is -0.394. The second-order valence-electron chi connectivity index (χ2n) is 4.68. The van der Waals surface area contributed by atoms with E-state index in [9.17, 15) is 5.11 Å². The van der Waals surface area contributed by atoms with E-state index in [2.05, 4.69) is 11.8 Å². The number of nitrogens with two attached hydrogens (primary N) is 1. The molecule has 96 valence electrons. The van der Waals surface area contributed by atoms with E-state index < -0.39 is 6.10 Å². The van der Waals surface area contributed by atoms with Gasteiger partial charge in [0.15, 0.2) is 0 Å². The number of β-amino-alcohol motifs (C(OH)–C–C–N with tert-alkyl or cyclic N) is 1. The summed E-state index contributed by atoms with van der Waals surface area (Å²) in [5.74, 6) is 0. The van der Waals surface area contributed by atoms with Crippen LogP contribution in [0.25, 0.3) is 0 Å². The van der Waals surface area contributed by atoms with E-state index in [1.165, 1.54) is 12.8 Å². The molecule has 0 spiro atoms. The molecule has 1 aliphatic heterocycles. The molecule has 0 aromatic rings. The third-order valence-corrected chi connectivity index (χ3v) is 3.40. The molecule has 3 atom stereocenters. The number of aliphatic hydroxyl groups is 1. The van der Waals surface area contributed by atoms with Crippen molar-refractivity contribution in [3.8, 4) is 0 Å². The summed E-state index contributed by atoms with van der Waals surface area (Å²) >= 11 is 0. The van der Waals surface area contributed by atoms with Gasteiger partial charge in [-0.05, 0) is 26.7 Å². The molecule has 4 nitrogen and oxygen atoms in total.